The quantitative estimate of drug-likeness (QED) is 0.562. The molecule has 0 fully saturated rings. The Bertz CT molecular complexity index is 852. The van der Waals surface area contributed by atoms with Crippen LogP contribution in [0.1, 0.15) is 32.1 Å². The average molecular weight is 349 g/mol. The lowest BCUT2D eigenvalue weighted by atomic mass is 10.1. The lowest BCUT2D eigenvalue weighted by Crippen LogP contribution is -2.20. The number of hydrogen-bond acceptors (Lipinski definition) is 4. The Morgan fingerprint density at radius 1 is 0.885 bits per heavy atom. The van der Waals surface area contributed by atoms with Crippen LogP contribution in [-0.2, 0) is 4.79 Å². The van der Waals surface area contributed by atoms with Crippen LogP contribution >= 0.6 is 0 Å². The highest BCUT2D eigenvalue weighted by atomic mass is 16.4. The average Bonchev–Trinajstić information content (AvgIpc) is 2.67. The van der Waals surface area contributed by atoms with Crippen molar-refractivity contribution in [3.63, 3.8) is 0 Å². The maximum Gasteiger partial charge on any atom is 0.303 e. The van der Waals surface area contributed by atoms with E-state index in [4.69, 9.17) is 10.1 Å². The smallest absolute Gasteiger partial charge is 0.303 e. The van der Waals surface area contributed by atoms with Crippen molar-refractivity contribution < 1.29 is 9.90 Å². The fourth-order valence-corrected chi connectivity index (χ4v) is 2.97. The van der Waals surface area contributed by atoms with Gasteiger partial charge in [-0.25, -0.2) is 9.97 Å². The molecule has 0 aliphatic carbocycles. The molecule has 26 heavy (non-hydrogen) atoms. The number of benzene rings is 1. The van der Waals surface area contributed by atoms with Crippen molar-refractivity contribution in [3.05, 3.63) is 60.8 Å². The van der Waals surface area contributed by atoms with E-state index >= 15 is 0 Å². The number of carboxylic acid groups (broad SMARTS) is 1. The molecule has 3 rings (SSSR count). The summed E-state index contributed by atoms with van der Waals surface area (Å²) >= 11 is 0. The topological polar surface area (TPSA) is 66.3 Å². The van der Waals surface area contributed by atoms with E-state index in [2.05, 4.69) is 22.0 Å². The van der Waals surface area contributed by atoms with Crippen LogP contribution in [-0.4, -0.2) is 27.6 Å². The Labute approximate surface area is 153 Å². The first-order valence-electron chi connectivity index (χ1n) is 9.00. The molecule has 0 spiro atoms. The van der Waals surface area contributed by atoms with Crippen molar-refractivity contribution in [2.24, 2.45) is 0 Å². The van der Waals surface area contributed by atoms with Crippen molar-refractivity contribution in [2.45, 2.75) is 32.1 Å². The number of rotatable bonds is 9. The standard InChI is InChI=1S/C21H23N3O2/c25-21(26)12-3-1-2-8-16-24(19-11-6-7-15-22-19)20-14-13-17-9-4-5-10-18(17)23-20/h4-7,9-11,13-15H,1-3,8,12,16H2,(H,25,26). The van der Waals surface area contributed by atoms with Gasteiger partial charge in [-0.15, -0.1) is 0 Å². The van der Waals surface area contributed by atoms with Gasteiger partial charge in [0.15, 0.2) is 0 Å². The number of para-hydroxylation sites is 1. The van der Waals surface area contributed by atoms with Crippen molar-refractivity contribution >= 4 is 28.5 Å². The second-order valence-corrected chi connectivity index (χ2v) is 6.26. The first-order valence-corrected chi connectivity index (χ1v) is 9.00. The van der Waals surface area contributed by atoms with Crippen LogP contribution in [0.3, 0.4) is 0 Å². The Morgan fingerprint density at radius 2 is 1.69 bits per heavy atom. The molecule has 0 saturated carbocycles. The molecule has 0 aliphatic rings. The third kappa shape index (κ3) is 4.79. The molecule has 0 bridgehead atoms. The number of carboxylic acids is 1. The van der Waals surface area contributed by atoms with Crippen LogP contribution in [0.4, 0.5) is 11.6 Å². The number of nitrogens with zero attached hydrogens (tertiary/aromatic N) is 3. The number of fused-ring (bicyclic) bond motifs is 1. The summed E-state index contributed by atoms with van der Waals surface area (Å²) < 4.78 is 0. The van der Waals surface area contributed by atoms with Gasteiger partial charge in [-0.05, 0) is 43.2 Å². The zero-order valence-corrected chi connectivity index (χ0v) is 14.7. The van der Waals surface area contributed by atoms with Crippen LogP contribution < -0.4 is 4.90 Å². The van der Waals surface area contributed by atoms with Crippen molar-refractivity contribution in [1.82, 2.24) is 9.97 Å². The van der Waals surface area contributed by atoms with Gasteiger partial charge in [0.1, 0.15) is 11.6 Å². The minimum Gasteiger partial charge on any atom is -0.481 e. The highest BCUT2D eigenvalue weighted by Gasteiger charge is 2.12. The van der Waals surface area contributed by atoms with Gasteiger partial charge >= 0.3 is 5.97 Å². The molecule has 0 aliphatic heterocycles. The van der Waals surface area contributed by atoms with E-state index < -0.39 is 5.97 Å². The van der Waals surface area contributed by atoms with E-state index in [9.17, 15) is 4.79 Å². The van der Waals surface area contributed by atoms with Gasteiger partial charge in [-0.1, -0.05) is 37.1 Å². The van der Waals surface area contributed by atoms with Crippen molar-refractivity contribution in [1.29, 1.82) is 0 Å². The maximum atomic E-state index is 10.6. The largest absolute Gasteiger partial charge is 0.481 e. The van der Waals surface area contributed by atoms with Crippen molar-refractivity contribution in [2.75, 3.05) is 11.4 Å². The zero-order chi connectivity index (χ0) is 18.2. The summed E-state index contributed by atoms with van der Waals surface area (Å²) in [7, 11) is 0. The third-order valence-electron chi connectivity index (χ3n) is 4.31. The van der Waals surface area contributed by atoms with Gasteiger partial charge < -0.3 is 10.0 Å². The van der Waals surface area contributed by atoms with Gasteiger partial charge in [0.25, 0.3) is 0 Å². The molecule has 2 aromatic heterocycles. The molecule has 0 saturated heterocycles. The van der Waals surface area contributed by atoms with Gasteiger partial charge in [-0.2, -0.15) is 0 Å². The van der Waals surface area contributed by atoms with Crippen molar-refractivity contribution in [3.8, 4) is 0 Å². The van der Waals surface area contributed by atoms with E-state index in [-0.39, 0.29) is 6.42 Å². The number of hydrogen-bond donors (Lipinski definition) is 1. The summed E-state index contributed by atoms with van der Waals surface area (Å²) in [6.45, 7) is 0.801. The number of unbranched alkanes of at least 4 members (excludes halogenated alkanes) is 3. The summed E-state index contributed by atoms with van der Waals surface area (Å²) in [5.41, 5.74) is 0.965. The van der Waals surface area contributed by atoms with Gasteiger partial charge in [0.2, 0.25) is 0 Å². The maximum absolute atomic E-state index is 10.6. The second kappa shape index (κ2) is 8.94. The number of aromatic nitrogens is 2. The van der Waals surface area contributed by atoms with Crippen LogP contribution in [0.2, 0.25) is 0 Å². The van der Waals surface area contributed by atoms with Crippen LogP contribution in [0, 0.1) is 0 Å². The molecule has 0 radical (unpaired) electrons. The molecule has 0 atom stereocenters. The van der Waals surface area contributed by atoms with Crippen LogP contribution in [0.25, 0.3) is 10.9 Å². The van der Waals surface area contributed by atoms with Crippen LogP contribution in [0.15, 0.2) is 60.8 Å². The Kier molecular flexibility index (Phi) is 6.14. The highest BCUT2D eigenvalue weighted by molar-refractivity contribution is 5.80. The molecule has 0 amide bonds. The Balaban J connectivity index is 1.72. The van der Waals surface area contributed by atoms with E-state index in [1.807, 2.05) is 42.5 Å². The molecule has 0 unspecified atom stereocenters. The van der Waals surface area contributed by atoms with E-state index in [0.717, 1.165) is 54.8 Å². The number of carbonyl (C=O) groups is 1. The first kappa shape index (κ1) is 17.9. The molecular weight excluding hydrogens is 326 g/mol. The second-order valence-electron chi connectivity index (χ2n) is 6.26. The number of pyridine rings is 2. The minimum absolute atomic E-state index is 0.246. The number of aliphatic carboxylic acids is 1. The highest BCUT2D eigenvalue weighted by Crippen LogP contribution is 2.24. The molecular formula is C21H23N3O2. The summed E-state index contributed by atoms with van der Waals surface area (Å²) in [5, 5.41) is 9.83. The van der Waals surface area contributed by atoms with E-state index in [1.54, 1.807) is 6.20 Å². The SMILES string of the molecule is O=C(O)CCCCCCN(c1ccccn1)c1ccc2ccccc2n1. The summed E-state index contributed by atoms with van der Waals surface area (Å²) in [5.74, 6) is 1.04. The lowest BCUT2D eigenvalue weighted by Gasteiger charge is -2.23. The summed E-state index contributed by atoms with van der Waals surface area (Å²) in [6, 6.07) is 18.1. The monoisotopic (exact) mass is 349 g/mol. The summed E-state index contributed by atoms with van der Waals surface area (Å²) in [6.07, 6.45) is 5.64. The normalized spacial score (nSPS) is 10.8. The van der Waals surface area contributed by atoms with Gasteiger partial charge in [0, 0.05) is 24.5 Å². The predicted molar refractivity (Wildman–Crippen MR) is 104 cm³/mol. The number of anilines is 2. The van der Waals surface area contributed by atoms with Gasteiger partial charge in [-0.3, -0.25) is 4.79 Å². The van der Waals surface area contributed by atoms with Gasteiger partial charge in [0.05, 0.1) is 5.52 Å². The summed E-state index contributed by atoms with van der Waals surface area (Å²) in [4.78, 5) is 22.0. The molecule has 1 N–H and O–H groups in total. The molecule has 3 aromatic rings. The fourth-order valence-electron chi connectivity index (χ4n) is 2.97. The Morgan fingerprint density at radius 3 is 2.50 bits per heavy atom. The first-order chi connectivity index (χ1) is 12.7. The molecule has 134 valence electrons. The van der Waals surface area contributed by atoms with E-state index in [0.29, 0.717) is 0 Å². The van der Waals surface area contributed by atoms with Crippen LogP contribution in [0.5, 0.6) is 0 Å². The molecule has 5 nitrogen and oxygen atoms in total. The molecule has 2 heterocycles. The Hall–Kier alpha value is -2.95. The lowest BCUT2D eigenvalue weighted by molar-refractivity contribution is -0.137. The molecule has 1 aromatic carbocycles. The molecule has 5 heteroatoms. The van der Waals surface area contributed by atoms with E-state index in [1.165, 1.54) is 0 Å². The fraction of sp³-hybridized carbons (Fsp3) is 0.286. The predicted octanol–water partition coefficient (Wildman–Crippen LogP) is 4.80. The minimum atomic E-state index is -0.722. The zero-order valence-electron chi connectivity index (χ0n) is 14.7. The third-order valence-corrected chi connectivity index (χ3v) is 4.31.